The van der Waals surface area contributed by atoms with Crippen LogP contribution in [0.4, 0.5) is 0 Å². The van der Waals surface area contributed by atoms with Gasteiger partial charge in [0.25, 0.3) is 0 Å². The van der Waals surface area contributed by atoms with Gasteiger partial charge in [0.2, 0.25) is 0 Å². The molecule has 0 bridgehead atoms. The zero-order valence-electron chi connectivity index (χ0n) is 38.1. The second-order valence-electron chi connectivity index (χ2n) is 17.3. The first-order valence-corrected chi connectivity index (χ1v) is 23.7. The van der Waals surface area contributed by atoms with E-state index >= 15 is 0 Å². The first-order valence-electron chi connectivity index (χ1n) is 23.7. The molecule has 3 heteroatoms. The molecule has 1 aromatic heterocycles. The zero-order valence-corrected chi connectivity index (χ0v) is 38.1. The third-order valence-electron chi connectivity index (χ3n) is 12.1. The minimum absolute atomic E-state index is 0.706. The van der Waals surface area contributed by atoms with Crippen LogP contribution in [0.25, 0.3) is 56.4 Å². The van der Waals surface area contributed by atoms with Crippen LogP contribution in [0.2, 0.25) is 0 Å². The monoisotopic (exact) mass is 798 g/mol. The van der Waals surface area contributed by atoms with Crippen LogP contribution >= 0.6 is 0 Å². The first kappa shape index (κ1) is 44.7. The Labute approximate surface area is 363 Å². The molecule has 6 rings (SSSR count). The van der Waals surface area contributed by atoms with Gasteiger partial charge in [0.05, 0.1) is 0 Å². The van der Waals surface area contributed by atoms with Crippen LogP contribution in [0.3, 0.4) is 0 Å². The normalized spacial score (nSPS) is 11.4. The maximum Gasteiger partial charge on any atom is 0.164 e. The van der Waals surface area contributed by atoms with Gasteiger partial charge in [0.15, 0.2) is 17.5 Å². The first-order chi connectivity index (χ1) is 29.3. The lowest BCUT2D eigenvalue weighted by molar-refractivity contribution is 0.667. The predicted octanol–water partition coefficient (Wildman–Crippen LogP) is 16.3. The van der Waals surface area contributed by atoms with Gasteiger partial charge in [-0.15, -0.1) is 0 Å². The number of hydrogen-bond acceptors (Lipinski definition) is 3. The van der Waals surface area contributed by atoms with Crippen molar-refractivity contribution in [3.8, 4) is 56.4 Å². The number of unbranched alkanes of at least 4 members (excludes halogenated alkanes) is 7. The van der Waals surface area contributed by atoms with Crippen molar-refractivity contribution in [1.29, 1.82) is 0 Å². The quantitative estimate of drug-likeness (QED) is 0.0642. The van der Waals surface area contributed by atoms with E-state index in [4.69, 9.17) is 15.0 Å². The molecule has 0 aliphatic carbocycles. The summed E-state index contributed by atoms with van der Waals surface area (Å²) < 4.78 is 0. The number of aromatic nitrogens is 3. The van der Waals surface area contributed by atoms with E-state index in [9.17, 15) is 0 Å². The highest BCUT2D eigenvalue weighted by atomic mass is 15.0. The molecule has 0 saturated heterocycles. The van der Waals surface area contributed by atoms with E-state index in [1.165, 1.54) is 138 Å². The van der Waals surface area contributed by atoms with Crippen molar-refractivity contribution in [3.05, 3.63) is 136 Å². The summed E-state index contributed by atoms with van der Waals surface area (Å²) in [7, 11) is 0. The van der Waals surface area contributed by atoms with E-state index in [-0.39, 0.29) is 0 Å². The van der Waals surface area contributed by atoms with Crippen LogP contribution < -0.4 is 0 Å². The van der Waals surface area contributed by atoms with Gasteiger partial charge in [-0.25, -0.2) is 15.0 Å². The smallest absolute Gasteiger partial charge is 0.164 e. The van der Waals surface area contributed by atoms with Crippen LogP contribution in [-0.4, -0.2) is 15.0 Å². The van der Waals surface area contributed by atoms with E-state index < -0.39 is 0 Å². The Bertz CT molecular complexity index is 2060. The van der Waals surface area contributed by atoms with Crippen molar-refractivity contribution < 1.29 is 0 Å². The molecule has 3 nitrogen and oxygen atoms in total. The van der Waals surface area contributed by atoms with E-state index in [0.717, 1.165) is 48.8 Å². The van der Waals surface area contributed by atoms with Crippen molar-refractivity contribution in [2.45, 2.75) is 158 Å². The molecule has 314 valence electrons. The van der Waals surface area contributed by atoms with Gasteiger partial charge in [0.1, 0.15) is 0 Å². The van der Waals surface area contributed by atoms with Crippen LogP contribution in [-0.2, 0) is 32.1 Å². The average Bonchev–Trinajstić information content (AvgIpc) is 3.27. The highest BCUT2D eigenvalue weighted by molar-refractivity contribution is 5.77. The highest BCUT2D eigenvalue weighted by Gasteiger charge is 2.17. The Hall–Kier alpha value is -4.89. The van der Waals surface area contributed by atoms with Crippen molar-refractivity contribution in [2.24, 2.45) is 0 Å². The molecule has 0 aliphatic heterocycles. The highest BCUT2D eigenvalue weighted by Crippen LogP contribution is 2.36. The van der Waals surface area contributed by atoms with Crippen LogP contribution in [0.5, 0.6) is 0 Å². The fourth-order valence-electron chi connectivity index (χ4n) is 8.79. The molecule has 5 aromatic carbocycles. The molecular formula is C57H71N3. The number of aryl methyl sites for hydroxylation is 7. The van der Waals surface area contributed by atoms with E-state index in [0.29, 0.717) is 17.5 Å². The van der Waals surface area contributed by atoms with Gasteiger partial charge in [-0.3, -0.25) is 0 Å². The lowest BCUT2D eigenvalue weighted by Gasteiger charge is -2.18. The van der Waals surface area contributed by atoms with Gasteiger partial charge < -0.3 is 0 Å². The number of rotatable bonds is 22. The van der Waals surface area contributed by atoms with Gasteiger partial charge in [-0.1, -0.05) is 188 Å². The molecule has 0 N–H and O–H groups in total. The Kier molecular flexibility index (Phi) is 16.8. The molecular weight excluding hydrogens is 727 g/mol. The molecule has 60 heavy (non-hydrogen) atoms. The third-order valence-corrected chi connectivity index (χ3v) is 12.1. The van der Waals surface area contributed by atoms with Crippen molar-refractivity contribution >= 4 is 0 Å². The minimum Gasteiger partial charge on any atom is -0.208 e. The third kappa shape index (κ3) is 11.7. The van der Waals surface area contributed by atoms with Gasteiger partial charge >= 0.3 is 0 Å². The molecule has 0 unspecified atom stereocenters. The topological polar surface area (TPSA) is 38.7 Å². The van der Waals surface area contributed by atoms with Gasteiger partial charge in [-0.2, -0.15) is 0 Å². The van der Waals surface area contributed by atoms with E-state index in [2.05, 4.69) is 146 Å². The second-order valence-corrected chi connectivity index (χ2v) is 17.3. The molecule has 0 amide bonds. The maximum atomic E-state index is 5.21. The SMILES string of the molecule is CCCCCCc1ccc(-c2nc(-c3ccc(-c4c(CCCC)cc(C)cc4CCCC)cc3)nc(-c3ccc(-c4c(CCCC)cc(C)cc4CCCC)cc3)n2)cc1. The number of hydrogen-bond donors (Lipinski definition) is 0. The fourth-order valence-corrected chi connectivity index (χ4v) is 8.79. The zero-order chi connectivity index (χ0) is 42.3. The Morgan fingerprint density at radius 3 is 0.933 bits per heavy atom. The molecule has 0 atom stereocenters. The lowest BCUT2D eigenvalue weighted by atomic mass is 9.87. The van der Waals surface area contributed by atoms with Crippen molar-refractivity contribution in [1.82, 2.24) is 15.0 Å². The largest absolute Gasteiger partial charge is 0.208 e. The molecule has 1 heterocycles. The summed E-state index contributed by atoms with van der Waals surface area (Å²) in [5.41, 5.74) is 18.4. The minimum atomic E-state index is 0.706. The summed E-state index contributed by atoms with van der Waals surface area (Å²) in [6, 6.07) is 36.6. The second kappa shape index (κ2) is 22.6. The van der Waals surface area contributed by atoms with Gasteiger partial charge in [0, 0.05) is 16.7 Å². The molecule has 0 fully saturated rings. The standard InChI is InChI=1S/C57H71N3/c1-8-13-18-19-20-43-25-27-46(28-26-43)55-58-56(47-33-29-44(30-34-47)53-49(21-14-9-2)37-41(6)38-50(53)22-15-10-3)60-57(59-55)48-35-31-45(32-36-48)54-51(23-16-11-4)39-42(7)40-52(54)24-17-12-5/h25-40H,8-24H2,1-7H3. The molecule has 0 saturated carbocycles. The molecule has 0 radical (unpaired) electrons. The fraction of sp³-hybridized carbons (Fsp3) is 0.421. The summed E-state index contributed by atoms with van der Waals surface area (Å²) in [6.07, 6.45) is 20.2. The van der Waals surface area contributed by atoms with Crippen LogP contribution in [0.1, 0.15) is 151 Å². The lowest BCUT2D eigenvalue weighted by Crippen LogP contribution is -2.01. The van der Waals surface area contributed by atoms with Crippen LogP contribution in [0, 0.1) is 13.8 Å². The number of nitrogens with zero attached hydrogens (tertiary/aromatic N) is 3. The summed E-state index contributed by atoms with van der Waals surface area (Å²) in [5, 5.41) is 0. The summed E-state index contributed by atoms with van der Waals surface area (Å²) in [5.74, 6) is 2.13. The van der Waals surface area contributed by atoms with Crippen molar-refractivity contribution in [2.75, 3.05) is 0 Å². The molecule has 0 spiro atoms. The number of benzene rings is 5. The predicted molar refractivity (Wildman–Crippen MR) is 259 cm³/mol. The van der Waals surface area contributed by atoms with E-state index in [1.54, 1.807) is 0 Å². The Morgan fingerprint density at radius 1 is 0.317 bits per heavy atom. The summed E-state index contributed by atoms with van der Waals surface area (Å²) >= 11 is 0. The summed E-state index contributed by atoms with van der Waals surface area (Å²) in [6.45, 7) is 15.9. The molecule has 0 aliphatic rings. The Balaban J connectivity index is 1.41. The maximum absolute atomic E-state index is 5.21. The average molecular weight is 798 g/mol. The van der Waals surface area contributed by atoms with Crippen molar-refractivity contribution in [3.63, 3.8) is 0 Å². The van der Waals surface area contributed by atoms with Gasteiger partial charge in [-0.05, 0) is 128 Å². The van der Waals surface area contributed by atoms with Crippen LogP contribution in [0.15, 0.2) is 97.1 Å². The molecule has 6 aromatic rings. The summed E-state index contributed by atoms with van der Waals surface area (Å²) in [4.78, 5) is 15.6. The Morgan fingerprint density at radius 2 is 0.617 bits per heavy atom. The van der Waals surface area contributed by atoms with E-state index in [1.807, 2.05) is 0 Å².